The Morgan fingerprint density at radius 1 is 1.09 bits per heavy atom. The number of methoxy groups -OCH3 is 2. The maximum absolute atomic E-state index is 12.0. The second kappa shape index (κ2) is 7.31. The van der Waals surface area contributed by atoms with E-state index in [4.69, 9.17) is 9.47 Å². The minimum Gasteiger partial charge on any atom is -0.507 e. The highest BCUT2D eigenvalue weighted by molar-refractivity contribution is 6.03. The lowest BCUT2D eigenvalue weighted by Gasteiger charge is -2.10. The van der Waals surface area contributed by atoms with Crippen molar-refractivity contribution < 1.29 is 19.4 Å². The molecule has 0 saturated heterocycles. The maximum atomic E-state index is 12.0. The predicted octanol–water partition coefficient (Wildman–Crippen LogP) is 2.56. The fraction of sp³-hybridized carbons (Fsp3) is 0.176. The van der Waals surface area contributed by atoms with Crippen molar-refractivity contribution >= 4 is 11.6 Å². The first-order chi connectivity index (χ1) is 11.1. The van der Waals surface area contributed by atoms with Crippen molar-refractivity contribution in [2.24, 2.45) is 5.10 Å². The molecule has 0 aliphatic heterocycles. The van der Waals surface area contributed by atoms with Crippen LogP contribution in [0, 0.1) is 0 Å². The number of rotatable bonds is 5. The Labute approximate surface area is 134 Å². The fourth-order valence-corrected chi connectivity index (χ4v) is 2.02. The van der Waals surface area contributed by atoms with E-state index < -0.39 is 5.91 Å². The Balaban J connectivity index is 2.20. The molecule has 120 valence electrons. The molecule has 0 unspecified atom stereocenters. The largest absolute Gasteiger partial charge is 0.507 e. The zero-order valence-electron chi connectivity index (χ0n) is 13.2. The minimum atomic E-state index is -0.491. The Hall–Kier alpha value is -3.02. The Morgan fingerprint density at radius 2 is 1.83 bits per heavy atom. The third-order valence-corrected chi connectivity index (χ3v) is 3.27. The third kappa shape index (κ3) is 3.79. The van der Waals surface area contributed by atoms with Crippen LogP contribution in [0.2, 0.25) is 0 Å². The summed E-state index contributed by atoms with van der Waals surface area (Å²) in [5.74, 6) is 0.661. The topological polar surface area (TPSA) is 80.2 Å². The molecule has 2 aromatic rings. The normalized spacial score (nSPS) is 11.0. The van der Waals surface area contributed by atoms with Gasteiger partial charge in [0.1, 0.15) is 17.2 Å². The monoisotopic (exact) mass is 314 g/mol. The van der Waals surface area contributed by atoms with Crippen LogP contribution in [0.4, 0.5) is 0 Å². The van der Waals surface area contributed by atoms with Crippen LogP contribution in [-0.4, -0.2) is 30.9 Å². The molecule has 0 aromatic heterocycles. The van der Waals surface area contributed by atoms with Crippen LogP contribution >= 0.6 is 0 Å². The van der Waals surface area contributed by atoms with Gasteiger partial charge in [-0.1, -0.05) is 12.1 Å². The number of ether oxygens (including phenoxy) is 2. The second-order valence-electron chi connectivity index (χ2n) is 4.72. The SMILES string of the molecule is COc1ccc(/C(C)=N\NC(=O)c2ccccc2O)c(OC)c1. The first-order valence-corrected chi connectivity index (χ1v) is 6.92. The summed E-state index contributed by atoms with van der Waals surface area (Å²) in [6.07, 6.45) is 0. The van der Waals surface area contributed by atoms with E-state index >= 15 is 0 Å². The van der Waals surface area contributed by atoms with Crippen molar-refractivity contribution in [3.05, 3.63) is 53.6 Å². The molecule has 0 spiro atoms. The highest BCUT2D eigenvalue weighted by Crippen LogP contribution is 2.25. The molecule has 0 fully saturated rings. The van der Waals surface area contributed by atoms with Crippen molar-refractivity contribution in [1.29, 1.82) is 0 Å². The van der Waals surface area contributed by atoms with E-state index in [1.807, 2.05) is 0 Å². The number of hydrogen-bond acceptors (Lipinski definition) is 5. The zero-order chi connectivity index (χ0) is 16.8. The van der Waals surface area contributed by atoms with Gasteiger partial charge in [0.05, 0.1) is 25.5 Å². The van der Waals surface area contributed by atoms with Crippen molar-refractivity contribution in [2.75, 3.05) is 14.2 Å². The number of carbonyl (C=O) groups is 1. The Morgan fingerprint density at radius 3 is 2.48 bits per heavy atom. The van der Waals surface area contributed by atoms with E-state index in [-0.39, 0.29) is 11.3 Å². The average molecular weight is 314 g/mol. The van der Waals surface area contributed by atoms with Gasteiger partial charge in [-0.2, -0.15) is 5.10 Å². The van der Waals surface area contributed by atoms with Gasteiger partial charge < -0.3 is 14.6 Å². The molecule has 0 bridgehead atoms. The summed E-state index contributed by atoms with van der Waals surface area (Å²) in [6.45, 7) is 1.75. The summed E-state index contributed by atoms with van der Waals surface area (Å²) in [7, 11) is 3.12. The van der Waals surface area contributed by atoms with Crippen LogP contribution in [0.5, 0.6) is 17.2 Å². The average Bonchev–Trinajstić information content (AvgIpc) is 2.59. The van der Waals surface area contributed by atoms with Crippen LogP contribution in [-0.2, 0) is 0 Å². The molecule has 0 aliphatic carbocycles. The van der Waals surface area contributed by atoms with Gasteiger partial charge in [0.2, 0.25) is 0 Å². The third-order valence-electron chi connectivity index (χ3n) is 3.27. The minimum absolute atomic E-state index is 0.0973. The van der Waals surface area contributed by atoms with E-state index in [2.05, 4.69) is 10.5 Å². The van der Waals surface area contributed by atoms with E-state index in [1.54, 1.807) is 51.5 Å². The van der Waals surface area contributed by atoms with Crippen molar-refractivity contribution in [3.63, 3.8) is 0 Å². The summed E-state index contributed by atoms with van der Waals surface area (Å²) in [5.41, 5.74) is 3.87. The van der Waals surface area contributed by atoms with Gasteiger partial charge in [-0.25, -0.2) is 5.43 Å². The highest BCUT2D eigenvalue weighted by Gasteiger charge is 2.11. The van der Waals surface area contributed by atoms with Gasteiger partial charge in [-0.3, -0.25) is 4.79 Å². The van der Waals surface area contributed by atoms with Gasteiger partial charge in [-0.15, -0.1) is 0 Å². The molecule has 6 nitrogen and oxygen atoms in total. The van der Waals surface area contributed by atoms with Gasteiger partial charge in [0.25, 0.3) is 5.91 Å². The van der Waals surface area contributed by atoms with Gasteiger partial charge in [0, 0.05) is 11.6 Å². The Kier molecular flexibility index (Phi) is 5.19. The molecular formula is C17H18N2O4. The molecular weight excluding hydrogens is 296 g/mol. The van der Waals surface area contributed by atoms with Crippen LogP contribution in [0.25, 0.3) is 0 Å². The summed E-state index contributed by atoms with van der Waals surface area (Å²) >= 11 is 0. The molecule has 0 aliphatic rings. The summed E-state index contributed by atoms with van der Waals surface area (Å²) < 4.78 is 10.4. The molecule has 23 heavy (non-hydrogen) atoms. The lowest BCUT2D eigenvalue weighted by molar-refractivity contribution is 0.0952. The number of hydrogen-bond donors (Lipinski definition) is 2. The molecule has 2 aromatic carbocycles. The first-order valence-electron chi connectivity index (χ1n) is 6.92. The lowest BCUT2D eigenvalue weighted by Crippen LogP contribution is -2.19. The van der Waals surface area contributed by atoms with E-state index in [0.717, 1.165) is 5.56 Å². The highest BCUT2D eigenvalue weighted by atomic mass is 16.5. The quantitative estimate of drug-likeness (QED) is 0.656. The van der Waals surface area contributed by atoms with Crippen LogP contribution in [0.1, 0.15) is 22.8 Å². The number of phenolic OH excluding ortho intramolecular Hbond substituents is 1. The van der Waals surface area contributed by atoms with Crippen molar-refractivity contribution in [3.8, 4) is 17.2 Å². The van der Waals surface area contributed by atoms with Gasteiger partial charge >= 0.3 is 0 Å². The van der Waals surface area contributed by atoms with E-state index in [9.17, 15) is 9.90 Å². The number of carbonyl (C=O) groups excluding carboxylic acids is 1. The fourth-order valence-electron chi connectivity index (χ4n) is 2.02. The second-order valence-corrected chi connectivity index (χ2v) is 4.72. The van der Waals surface area contributed by atoms with Crippen molar-refractivity contribution in [2.45, 2.75) is 6.92 Å². The summed E-state index contributed by atoms with van der Waals surface area (Å²) in [4.78, 5) is 12.0. The van der Waals surface area contributed by atoms with Crippen LogP contribution < -0.4 is 14.9 Å². The maximum Gasteiger partial charge on any atom is 0.275 e. The zero-order valence-corrected chi connectivity index (χ0v) is 13.2. The molecule has 2 rings (SSSR count). The van der Waals surface area contributed by atoms with Gasteiger partial charge in [0.15, 0.2) is 0 Å². The smallest absolute Gasteiger partial charge is 0.275 e. The Bertz CT molecular complexity index is 741. The number of aromatic hydroxyl groups is 1. The lowest BCUT2D eigenvalue weighted by atomic mass is 10.1. The molecule has 0 heterocycles. The molecule has 0 saturated carbocycles. The molecule has 0 atom stereocenters. The van der Waals surface area contributed by atoms with Crippen molar-refractivity contribution in [1.82, 2.24) is 5.43 Å². The van der Waals surface area contributed by atoms with Gasteiger partial charge in [-0.05, 0) is 31.2 Å². The number of phenols is 1. The number of para-hydroxylation sites is 1. The number of nitrogens with zero attached hydrogens (tertiary/aromatic N) is 1. The van der Waals surface area contributed by atoms with Crippen LogP contribution in [0.15, 0.2) is 47.6 Å². The number of amides is 1. The van der Waals surface area contributed by atoms with E-state index in [1.165, 1.54) is 12.1 Å². The molecule has 2 N–H and O–H groups in total. The number of nitrogens with one attached hydrogen (secondary N) is 1. The first kappa shape index (κ1) is 16.4. The number of hydrazone groups is 1. The standard InChI is InChI=1S/C17H18N2O4/c1-11(13-9-8-12(22-2)10-16(13)23-3)18-19-17(21)14-6-4-5-7-15(14)20/h4-10,20H,1-3H3,(H,19,21)/b18-11-. The van der Waals surface area contributed by atoms with E-state index in [0.29, 0.717) is 17.2 Å². The van der Waals surface area contributed by atoms with Crippen LogP contribution in [0.3, 0.4) is 0 Å². The number of benzene rings is 2. The molecule has 1 amide bonds. The predicted molar refractivity (Wildman–Crippen MR) is 87.3 cm³/mol. The summed E-state index contributed by atoms with van der Waals surface area (Å²) in [6, 6.07) is 11.6. The molecule has 6 heteroatoms. The molecule has 0 radical (unpaired) electrons. The summed E-state index contributed by atoms with van der Waals surface area (Å²) in [5, 5.41) is 13.7.